The summed E-state index contributed by atoms with van der Waals surface area (Å²) in [4.78, 5) is 7.52. The Labute approximate surface area is 76.0 Å². The van der Waals surface area contributed by atoms with Crippen LogP contribution in [0, 0.1) is 0 Å². The lowest BCUT2D eigenvalue weighted by molar-refractivity contribution is -0.222. The Hall–Kier alpha value is -1.14. The van der Waals surface area contributed by atoms with Crippen LogP contribution in [0.25, 0.3) is 6.08 Å². The lowest BCUT2D eigenvalue weighted by Crippen LogP contribution is -2.16. The maximum Gasteiger partial charge on any atom is 0.547 e. The normalized spacial score (nSPS) is 10.6. The summed E-state index contributed by atoms with van der Waals surface area (Å²) in [5, 5.41) is 16.3. The summed E-state index contributed by atoms with van der Waals surface area (Å²) in [6.07, 6.45) is 1.65. The summed E-state index contributed by atoms with van der Waals surface area (Å²) >= 11 is 0. The average Bonchev–Trinajstić information content (AvgIpc) is 2.21. The standard InChI is InChI=1S/C8H9BO4/c10-12-9(13-11)7-6-8-4-2-1-3-5-8/h1-7,10-11H/b7-6+. The third kappa shape index (κ3) is 3.39. The Morgan fingerprint density at radius 2 is 1.69 bits per heavy atom. The first kappa shape index (κ1) is 9.95. The van der Waals surface area contributed by atoms with Gasteiger partial charge in [-0.25, -0.2) is 0 Å². The molecule has 68 valence electrons. The van der Waals surface area contributed by atoms with E-state index in [1.165, 1.54) is 5.98 Å². The molecule has 1 aromatic carbocycles. The van der Waals surface area contributed by atoms with E-state index in [1.54, 1.807) is 6.08 Å². The first-order chi connectivity index (χ1) is 6.36. The highest BCUT2D eigenvalue weighted by Gasteiger charge is 2.12. The molecule has 0 saturated heterocycles. The van der Waals surface area contributed by atoms with Gasteiger partial charge in [0.25, 0.3) is 0 Å². The second kappa shape index (κ2) is 5.50. The second-order valence-electron chi connectivity index (χ2n) is 2.35. The van der Waals surface area contributed by atoms with Crippen LogP contribution < -0.4 is 0 Å². The average molecular weight is 180 g/mol. The van der Waals surface area contributed by atoms with Crippen molar-refractivity contribution in [1.29, 1.82) is 0 Å². The van der Waals surface area contributed by atoms with Crippen LogP contribution >= 0.6 is 0 Å². The maximum atomic E-state index is 8.17. The van der Waals surface area contributed by atoms with Crippen LogP contribution in [-0.4, -0.2) is 17.6 Å². The third-order valence-corrected chi connectivity index (χ3v) is 1.45. The largest absolute Gasteiger partial charge is 0.547 e. The Kier molecular flexibility index (Phi) is 4.21. The van der Waals surface area contributed by atoms with Crippen LogP contribution in [0.4, 0.5) is 0 Å². The highest BCUT2D eigenvalue weighted by atomic mass is 17.2. The highest BCUT2D eigenvalue weighted by Crippen LogP contribution is 2.01. The van der Waals surface area contributed by atoms with Crippen molar-refractivity contribution in [1.82, 2.24) is 0 Å². The molecule has 0 atom stereocenters. The van der Waals surface area contributed by atoms with Crippen LogP contribution in [0.1, 0.15) is 5.56 Å². The van der Waals surface area contributed by atoms with Crippen molar-refractivity contribution < 1.29 is 20.1 Å². The van der Waals surface area contributed by atoms with Crippen LogP contribution in [0.3, 0.4) is 0 Å². The summed E-state index contributed by atoms with van der Waals surface area (Å²) < 4.78 is 0. The number of rotatable bonds is 4. The molecule has 0 aliphatic carbocycles. The van der Waals surface area contributed by atoms with Crippen molar-refractivity contribution in [3.63, 3.8) is 0 Å². The Morgan fingerprint density at radius 3 is 2.23 bits per heavy atom. The van der Waals surface area contributed by atoms with E-state index >= 15 is 0 Å². The molecule has 0 amide bonds. The van der Waals surface area contributed by atoms with E-state index in [0.29, 0.717) is 0 Å². The molecule has 1 aromatic rings. The second-order valence-corrected chi connectivity index (χ2v) is 2.35. The van der Waals surface area contributed by atoms with Gasteiger partial charge in [0.15, 0.2) is 0 Å². The van der Waals surface area contributed by atoms with Gasteiger partial charge in [0.1, 0.15) is 0 Å². The third-order valence-electron chi connectivity index (χ3n) is 1.45. The zero-order valence-corrected chi connectivity index (χ0v) is 6.83. The number of hydrogen-bond donors (Lipinski definition) is 2. The molecule has 0 saturated carbocycles. The molecular formula is C8H9BO4. The monoisotopic (exact) mass is 180 g/mol. The van der Waals surface area contributed by atoms with Gasteiger partial charge in [-0.05, 0) is 11.5 Å². The van der Waals surface area contributed by atoms with E-state index in [2.05, 4.69) is 9.61 Å². The molecule has 5 heteroatoms. The molecular weight excluding hydrogens is 171 g/mol. The molecule has 0 aliphatic rings. The van der Waals surface area contributed by atoms with Crippen molar-refractivity contribution in [2.45, 2.75) is 0 Å². The molecule has 0 aromatic heterocycles. The van der Waals surface area contributed by atoms with Gasteiger partial charge in [0.2, 0.25) is 0 Å². The fourth-order valence-electron chi connectivity index (χ4n) is 0.843. The molecule has 0 heterocycles. The van der Waals surface area contributed by atoms with Crippen LogP contribution in [-0.2, 0) is 9.61 Å². The van der Waals surface area contributed by atoms with Crippen molar-refractivity contribution in [2.24, 2.45) is 0 Å². The van der Waals surface area contributed by atoms with E-state index in [9.17, 15) is 0 Å². The number of hydrogen-bond acceptors (Lipinski definition) is 4. The smallest absolute Gasteiger partial charge is 0.264 e. The minimum atomic E-state index is -1.15. The van der Waals surface area contributed by atoms with E-state index < -0.39 is 7.12 Å². The van der Waals surface area contributed by atoms with E-state index in [1.807, 2.05) is 30.3 Å². The van der Waals surface area contributed by atoms with E-state index in [-0.39, 0.29) is 0 Å². The zero-order valence-electron chi connectivity index (χ0n) is 6.83. The first-order valence-corrected chi connectivity index (χ1v) is 3.70. The predicted molar refractivity (Wildman–Crippen MR) is 48.7 cm³/mol. The SMILES string of the molecule is OOB(/C=C/c1ccccc1)OO. The van der Waals surface area contributed by atoms with Gasteiger partial charge in [-0.3, -0.25) is 20.1 Å². The molecule has 0 aliphatic heterocycles. The lowest BCUT2D eigenvalue weighted by Gasteiger charge is -1.97. The van der Waals surface area contributed by atoms with Gasteiger partial charge >= 0.3 is 7.12 Å². The summed E-state index contributed by atoms with van der Waals surface area (Å²) in [7, 11) is -1.15. The molecule has 0 radical (unpaired) electrons. The van der Waals surface area contributed by atoms with Gasteiger partial charge in [-0.2, -0.15) is 0 Å². The topological polar surface area (TPSA) is 58.9 Å². The molecule has 0 fully saturated rings. The van der Waals surface area contributed by atoms with Gasteiger partial charge in [0, 0.05) is 0 Å². The minimum absolute atomic E-state index is 0.918. The highest BCUT2D eigenvalue weighted by molar-refractivity contribution is 6.51. The van der Waals surface area contributed by atoms with Crippen LogP contribution in [0.15, 0.2) is 36.3 Å². The van der Waals surface area contributed by atoms with Crippen molar-refractivity contribution in [3.8, 4) is 0 Å². The quantitative estimate of drug-likeness (QED) is 0.420. The summed E-state index contributed by atoms with van der Waals surface area (Å²) in [5.41, 5.74) is 0.918. The van der Waals surface area contributed by atoms with Gasteiger partial charge in [-0.15, -0.1) is 0 Å². The Morgan fingerprint density at radius 1 is 1.08 bits per heavy atom. The Balaban J connectivity index is 2.57. The fraction of sp³-hybridized carbons (Fsp3) is 0. The van der Waals surface area contributed by atoms with Gasteiger partial charge in [-0.1, -0.05) is 36.4 Å². The number of benzene rings is 1. The summed E-state index contributed by atoms with van der Waals surface area (Å²) in [5.74, 6) is 1.37. The molecule has 13 heavy (non-hydrogen) atoms. The molecule has 2 N–H and O–H groups in total. The van der Waals surface area contributed by atoms with E-state index in [0.717, 1.165) is 5.56 Å². The lowest BCUT2D eigenvalue weighted by atomic mass is 9.90. The molecule has 0 bridgehead atoms. The first-order valence-electron chi connectivity index (χ1n) is 3.70. The van der Waals surface area contributed by atoms with Crippen LogP contribution in [0.5, 0.6) is 0 Å². The molecule has 1 rings (SSSR count). The Bertz CT molecular complexity index is 258. The summed E-state index contributed by atoms with van der Waals surface area (Å²) in [6.45, 7) is 0. The predicted octanol–water partition coefficient (Wildman–Crippen LogP) is 1.71. The van der Waals surface area contributed by atoms with Crippen LogP contribution in [0.2, 0.25) is 0 Å². The molecule has 0 spiro atoms. The maximum absolute atomic E-state index is 8.17. The summed E-state index contributed by atoms with van der Waals surface area (Å²) in [6, 6.07) is 9.35. The van der Waals surface area contributed by atoms with Crippen molar-refractivity contribution in [3.05, 3.63) is 41.9 Å². The van der Waals surface area contributed by atoms with Crippen molar-refractivity contribution >= 4 is 13.2 Å². The minimum Gasteiger partial charge on any atom is -0.264 e. The van der Waals surface area contributed by atoms with Gasteiger partial charge in [0.05, 0.1) is 0 Å². The van der Waals surface area contributed by atoms with E-state index in [4.69, 9.17) is 10.5 Å². The molecule has 4 nitrogen and oxygen atoms in total. The van der Waals surface area contributed by atoms with Gasteiger partial charge < -0.3 is 0 Å². The molecule has 0 unspecified atom stereocenters. The van der Waals surface area contributed by atoms with Crippen molar-refractivity contribution in [2.75, 3.05) is 0 Å². The fourth-order valence-corrected chi connectivity index (χ4v) is 0.843. The zero-order chi connectivity index (χ0) is 9.52.